The number of anilines is 1. The number of hydrogen-bond acceptors (Lipinski definition) is 5. The highest BCUT2D eigenvalue weighted by atomic mass is 16.5. The van der Waals surface area contributed by atoms with E-state index in [9.17, 15) is 14.4 Å². The van der Waals surface area contributed by atoms with E-state index in [1.165, 1.54) is 0 Å². The second-order valence-corrected chi connectivity index (χ2v) is 6.57. The molecule has 3 amide bonds. The lowest BCUT2D eigenvalue weighted by molar-refractivity contribution is -0.130. The highest BCUT2D eigenvalue weighted by Gasteiger charge is 2.17. The first-order chi connectivity index (χ1) is 14.4. The largest absolute Gasteiger partial charge is 0.497 e. The van der Waals surface area contributed by atoms with Crippen LogP contribution in [0.4, 0.5) is 5.69 Å². The van der Waals surface area contributed by atoms with E-state index in [1.807, 2.05) is 6.92 Å². The SMILES string of the molecule is CCN(CCC(=O)Nc1ccc(C(N)=O)cc1)C(=O)Cc1ccc(OC)cc1OC. The molecule has 30 heavy (non-hydrogen) atoms. The van der Waals surface area contributed by atoms with Crippen molar-refractivity contribution in [3.63, 3.8) is 0 Å². The fraction of sp³-hybridized carbons (Fsp3) is 0.318. The summed E-state index contributed by atoms with van der Waals surface area (Å²) in [6.45, 7) is 2.64. The van der Waals surface area contributed by atoms with E-state index in [1.54, 1.807) is 61.6 Å². The zero-order chi connectivity index (χ0) is 22.1. The summed E-state index contributed by atoms with van der Waals surface area (Å²) in [5.74, 6) is 0.375. The molecule has 8 nitrogen and oxygen atoms in total. The second kappa shape index (κ2) is 10.8. The first kappa shape index (κ1) is 22.7. The fourth-order valence-electron chi connectivity index (χ4n) is 2.91. The lowest BCUT2D eigenvalue weighted by Crippen LogP contribution is -2.34. The molecule has 0 heterocycles. The molecule has 160 valence electrons. The molecule has 0 unspecified atom stereocenters. The van der Waals surface area contributed by atoms with E-state index >= 15 is 0 Å². The lowest BCUT2D eigenvalue weighted by Gasteiger charge is -2.21. The average Bonchev–Trinajstić information content (AvgIpc) is 2.74. The highest BCUT2D eigenvalue weighted by molar-refractivity contribution is 5.95. The summed E-state index contributed by atoms with van der Waals surface area (Å²) in [6, 6.07) is 11.6. The van der Waals surface area contributed by atoms with E-state index in [2.05, 4.69) is 5.32 Å². The van der Waals surface area contributed by atoms with Crippen LogP contribution >= 0.6 is 0 Å². The quantitative estimate of drug-likeness (QED) is 0.620. The Labute approximate surface area is 175 Å². The number of amides is 3. The van der Waals surface area contributed by atoms with Crippen molar-refractivity contribution in [2.45, 2.75) is 19.8 Å². The molecule has 0 atom stereocenters. The summed E-state index contributed by atoms with van der Waals surface area (Å²) in [4.78, 5) is 37.7. The Morgan fingerprint density at radius 3 is 2.30 bits per heavy atom. The topological polar surface area (TPSA) is 111 Å². The predicted octanol–water partition coefficient (Wildman–Crippen LogP) is 2.22. The first-order valence-electron chi connectivity index (χ1n) is 9.56. The van der Waals surface area contributed by atoms with Crippen LogP contribution in [0.25, 0.3) is 0 Å². The summed E-state index contributed by atoms with van der Waals surface area (Å²) in [6.07, 6.45) is 0.314. The van der Waals surface area contributed by atoms with Crippen LogP contribution in [0.2, 0.25) is 0 Å². The number of carbonyl (C=O) groups is 3. The third-order valence-electron chi connectivity index (χ3n) is 4.63. The van der Waals surface area contributed by atoms with Gasteiger partial charge in [-0.2, -0.15) is 0 Å². The molecule has 0 saturated heterocycles. The Hall–Kier alpha value is -3.55. The van der Waals surface area contributed by atoms with Gasteiger partial charge in [0.25, 0.3) is 0 Å². The van der Waals surface area contributed by atoms with Gasteiger partial charge in [0.2, 0.25) is 17.7 Å². The number of ether oxygens (including phenoxy) is 2. The number of carbonyl (C=O) groups excluding carboxylic acids is 3. The molecule has 0 aliphatic heterocycles. The van der Waals surface area contributed by atoms with Gasteiger partial charge in [0, 0.05) is 42.4 Å². The van der Waals surface area contributed by atoms with Gasteiger partial charge in [-0.05, 0) is 37.3 Å². The van der Waals surface area contributed by atoms with Crippen LogP contribution in [0.3, 0.4) is 0 Å². The van der Waals surface area contributed by atoms with Crippen molar-refractivity contribution < 1.29 is 23.9 Å². The van der Waals surface area contributed by atoms with Gasteiger partial charge in [0.05, 0.1) is 20.6 Å². The van der Waals surface area contributed by atoms with Crippen molar-refractivity contribution in [2.75, 3.05) is 32.6 Å². The molecule has 0 fully saturated rings. The highest BCUT2D eigenvalue weighted by Crippen LogP contribution is 2.25. The van der Waals surface area contributed by atoms with Gasteiger partial charge in [-0.3, -0.25) is 14.4 Å². The Morgan fingerprint density at radius 1 is 1.03 bits per heavy atom. The number of benzene rings is 2. The smallest absolute Gasteiger partial charge is 0.248 e. The number of nitrogens with two attached hydrogens (primary N) is 1. The van der Waals surface area contributed by atoms with Crippen molar-refractivity contribution in [3.8, 4) is 11.5 Å². The van der Waals surface area contributed by atoms with Crippen LogP contribution in [-0.2, 0) is 16.0 Å². The third kappa shape index (κ3) is 6.23. The molecule has 0 aromatic heterocycles. The van der Waals surface area contributed by atoms with Crippen LogP contribution in [0.5, 0.6) is 11.5 Å². The normalized spacial score (nSPS) is 10.2. The van der Waals surface area contributed by atoms with Crippen molar-refractivity contribution >= 4 is 23.4 Å². The first-order valence-corrected chi connectivity index (χ1v) is 9.56. The molecule has 0 aliphatic carbocycles. The Morgan fingerprint density at radius 2 is 1.73 bits per heavy atom. The summed E-state index contributed by atoms with van der Waals surface area (Å²) < 4.78 is 10.5. The summed E-state index contributed by atoms with van der Waals surface area (Å²) >= 11 is 0. The van der Waals surface area contributed by atoms with E-state index in [0.29, 0.717) is 35.8 Å². The maximum Gasteiger partial charge on any atom is 0.248 e. The fourth-order valence-corrected chi connectivity index (χ4v) is 2.91. The zero-order valence-corrected chi connectivity index (χ0v) is 17.4. The average molecular weight is 413 g/mol. The third-order valence-corrected chi connectivity index (χ3v) is 4.63. The molecule has 0 aliphatic rings. The number of methoxy groups -OCH3 is 2. The molecule has 8 heteroatoms. The molecule has 0 spiro atoms. The van der Waals surface area contributed by atoms with E-state index < -0.39 is 5.91 Å². The Balaban J connectivity index is 1.92. The number of rotatable bonds is 10. The standard InChI is InChI=1S/C22H27N3O5/c1-4-25(21(27)13-16-7-10-18(29-2)14-19(16)30-3)12-11-20(26)24-17-8-5-15(6-9-17)22(23)28/h5-10,14H,4,11-13H2,1-3H3,(H2,23,28)(H,24,26). The maximum atomic E-state index is 12.7. The monoisotopic (exact) mass is 413 g/mol. The lowest BCUT2D eigenvalue weighted by atomic mass is 10.1. The van der Waals surface area contributed by atoms with Gasteiger partial charge in [-0.15, -0.1) is 0 Å². The molecule has 2 aromatic rings. The number of primary amides is 1. The van der Waals surface area contributed by atoms with Gasteiger partial charge in [-0.1, -0.05) is 6.07 Å². The predicted molar refractivity (Wildman–Crippen MR) is 114 cm³/mol. The van der Waals surface area contributed by atoms with E-state index in [-0.39, 0.29) is 24.7 Å². The molecular weight excluding hydrogens is 386 g/mol. The van der Waals surface area contributed by atoms with Crippen LogP contribution in [0.1, 0.15) is 29.3 Å². The molecule has 0 saturated carbocycles. The number of nitrogens with zero attached hydrogens (tertiary/aromatic N) is 1. The summed E-state index contributed by atoms with van der Waals surface area (Å²) in [5, 5.41) is 2.74. The maximum absolute atomic E-state index is 12.7. The minimum absolute atomic E-state index is 0.0976. The van der Waals surface area contributed by atoms with Crippen molar-refractivity contribution in [3.05, 3.63) is 53.6 Å². The second-order valence-electron chi connectivity index (χ2n) is 6.57. The molecular formula is C22H27N3O5. The van der Waals surface area contributed by atoms with Gasteiger partial charge in [-0.25, -0.2) is 0 Å². The Bertz CT molecular complexity index is 896. The molecule has 2 aromatic carbocycles. The number of hydrogen-bond donors (Lipinski definition) is 2. The van der Waals surface area contributed by atoms with Crippen LogP contribution < -0.4 is 20.5 Å². The molecule has 0 bridgehead atoms. The van der Waals surface area contributed by atoms with Gasteiger partial charge < -0.3 is 25.4 Å². The van der Waals surface area contributed by atoms with Crippen molar-refractivity contribution in [1.82, 2.24) is 4.90 Å². The van der Waals surface area contributed by atoms with Crippen molar-refractivity contribution in [2.24, 2.45) is 5.73 Å². The van der Waals surface area contributed by atoms with Crippen molar-refractivity contribution in [1.29, 1.82) is 0 Å². The van der Waals surface area contributed by atoms with Crippen LogP contribution in [0, 0.1) is 0 Å². The molecule has 2 rings (SSSR count). The van der Waals surface area contributed by atoms with E-state index in [4.69, 9.17) is 15.2 Å². The van der Waals surface area contributed by atoms with E-state index in [0.717, 1.165) is 5.56 Å². The van der Waals surface area contributed by atoms with Crippen LogP contribution in [-0.4, -0.2) is 49.9 Å². The number of nitrogens with one attached hydrogen (secondary N) is 1. The van der Waals surface area contributed by atoms with Gasteiger partial charge >= 0.3 is 0 Å². The van der Waals surface area contributed by atoms with Gasteiger partial charge in [0.15, 0.2) is 0 Å². The minimum atomic E-state index is -0.529. The molecule has 0 radical (unpaired) electrons. The molecule has 3 N–H and O–H groups in total. The minimum Gasteiger partial charge on any atom is -0.497 e. The summed E-state index contributed by atoms with van der Waals surface area (Å²) in [7, 11) is 3.11. The van der Waals surface area contributed by atoms with Gasteiger partial charge in [0.1, 0.15) is 11.5 Å². The summed E-state index contributed by atoms with van der Waals surface area (Å²) in [5.41, 5.74) is 6.87. The Kier molecular flexibility index (Phi) is 8.22. The number of likely N-dealkylation sites (N-methyl/N-ethyl adjacent to an activating group) is 1. The zero-order valence-electron chi connectivity index (χ0n) is 17.4. The van der Waals surface area contributed by atoms with Crippen LogP contribution in [0.15, 0.2) is 42.5 Å².